The number of amides is 1. The summed E-state index contributed by atoms with van der Waals surface area (Å²) < 4.78 is 39.8. The molecule has 0 radical (unpaired) electrons. The molecule has 0 spiro atoms. The summed E-state index contributed by atoms with van der Waals surface area (Å²) in [6.07, 6.45) is -3.58. The molecule has 4 N–H and O–H groups in total. The number of alkyl halides is 3. The topological polar surface area (TPSA) is 117 Å². The van der Waals surface area contributed by atoms with E-state index in [4.69, 9.17) is 11.0 Å². The third-order valence-electron chi connectivity index (χ3n) is 3.03. The van der Waals surface area contributed by atoms with Crippen LogP contribution in [-0.2, 0) is 17.5 Å². The average molecular weight is 339 g/mol. The molecule has 0 bridgehead atoms. The van der Waals surface area contributed by atoms with Crippen LogP contribution in [0, 0.1) is 11.3 Å². The van der Waals surface area contributed by atoms with Gasteiger partial charge in [0.15, 0.2) is 6.10 Å². The van der Waals surface area contributed by atoms with Crippen molar-refractivity contribution >= 4 is 17.3 Å². The number of carbonyl (C=O) groups is 1. The van der Waals surface area contributed by atoms with Crippen LogP contribution in [-0.4, -0.2) is 26.9 Å². The van der Waals surface area contributed by atoms with Crippen LogP contribution in [0.1, 0.15) is 11.1 Å². The number of rotatable bonds is 4. The van der Waals surface area contributed by atoms with E-state index in [2.05, 4.69) is 10.4 Å². The zero-order valence-corrected chi connectivity index (χ0v) is 12.1. The highest BCUT2D eigenvalue weighted by Gasteiger charge is 2.34. The minimum atomic E-state index is -4.74. The Morgan fingerprint density at radius 1 is 1.50 bits per heavy atom. The Balaban J connectivity index is 2.12. The third-order valence-corrected chi connectivity index (χ3v) is 3.03. The second-order valence-corrected chi connectivity index (χ2v) is 4.87. The van der Waals surface area contributed by atoms with Crippen molar-refractivity contribution < 1.29 is 23.1 Å². The maximum atomic E-state index is 12.9. The number of hydrogen-bond acceptors (Lipinski definition) is 5. The number of aromatic nitrogens is 2. The van der Waals surface area contributed by atoms with Gasteiger partial charge in [-0.3, -0.25) is 9.48 Å². The maximum Gasteiger partial charge on any atom is 0.417 e. The first-order chi connectivity index (χ1) is 11.2. The summed E-state index contributed by atoms with van der Waals surface area (Å²) in [5.41, 5.74) is 3.86. The van der Waals surface area contributed by atoms with Crippen molar-refractivity contribution in [3.63, 3.8) is 0 Å². The highest BCUT2D eigenvalue weighted by molar-refractivity contribution is 5.94. The van der Waals surface area contributed by atoms with E-state index in [1.165, 1.54) is 23.1 Å². The minimum absolute atomic E-state index is 0.189. The lowest BCUT2D eigenvalue weighted by Crippen LogP contribution is -2.31. The fraction of sp³-hybridized carbons (Fsp3) is 0.214. The van der Waals surface area contributed by atoms with Gasteiger partial charge in [0.25, 0.3) is 5.91 Å². The van der Waals surface area contributed by atoms with Gasteiger partial charge in [0, 0.05) is 11.9 Å². The van der Waals surface area contributed by atoms with Crippen molar-refractivity contribution in [3.8, 4) is 6.07 Å². The van der Waals surface area contributed by atoms with Crippen LogP contribution in [0.15, 0.2) is 30.6 Å². The molecule has 1 atom stereocenters. The van der Waals surface area contributed by atoms with Gasteiger partial charge in [-0.15, -0.1) is 0 Å². The third kappa shape index (κ3) is 4.02. The summed E-state index contributed by atoms with van der Waals surface area (Å²) in [6, 6.07) is 4.16. The Morgan fingerprint density at radius 3 is 2.75 bits per heavy atom. The Labute approximate surface area is 134 Å². The molecule has 2 rings (SSSR count). The van der Waals surface area contributed by atoms with Crippen molar-refractivity contribution in [2.75, 3.05) is 11.1 Å². The molecule has 24 heavy (non-hydrogen) atoms. The maximum absolute atomic E-state index is 12.9. The van der Waals surface area contributed by atoms with E-state index in [-0.39, 0.29) is 12.2 Å². The van der Waals surface area contributed by atoms with Gasteiger partial charge in [0.1, 0.15) is 0 Å². The summed E-state index contributed by atoms with van der Waals surface area (Å²) in [5, 5.41) is 24.4. The first-order valence-corrected chi connectivity index (χ1v) is 6.59. The fourth-order valence-corrected chi connectivity index (χ4v) is 1.92. The Hall–Kier alpha value is -3.06. The number of aliphatic hydroxyl groups is 1. The van der Waals surface area contributed by atoms with Gasteiger partial charge in [-0.2, -0.15) is 23.5 Å². The molecule has 1 heterocycles. The fourth-order valence-electron chi connectivity index (χ4n) is 1.92. The van der Waals surface area contributed by atoms with Gasteiger partial charge in [0.2, 0.25) is 0 Å². The number of nitrogens with one attached hydrogen (secondary N) is 1. The molecule has 1 aromatic heterocycles. The lowest BCUT2D eigenvalue weighted by Gasteiger charge is -2.14. The van der Waals surface area contributed by atoms with Crippen LogP contribution < -0.4 is 11.1 Å². The highest BCUT2D eigenvalue weighted by atomic mass is 19.4. The molecule has 0 fully saturated rings. The summed E-state index contributed by atoms with van der Waals surface area (Å²) in [5.74, 6) is -0.915. The van der Waals surface area contributed by atoms with E-state index >= 15 is 0 Å². The number of nitrogens with zero attached hydrogens (tertiary/aromatic N) is 3. The molecule has 0 saturated carbocycles. The number of nitrogen functional groups attached to an aromatic ring is 1. The van der Waals surface area contributed by atoms with Crippen LogP contribution in [0.3, 0.4) is 0 Å². The zero-order chi connectivity index (χ0) is 17.9. The number of halogens is 3. The smallest absolute Gasteiger partial charge is 0.396 e. The number of aliphatic hydroxyl groups excluding tert-OH is 1. The molecule has 1 aromatic carbocycles. The van der Waals surface area contributed by atoms with E-state index in [0.29, 0.717) is 11.8 Å². The van der Waals surface area contributed by atoms with E-state index in [1.54, 1.807) is 0 Å². The van der Waals surface area contributed by atoms with E-state index in [9.17, 15) is 23.1 Å². The normalized spacial score (nSPS) is 12.5. The Bertz CT molecular complexity index is 794. The van der Waals surface area contributed by atoms with Crippen molar-refractivity contribution in [3.05, 3.63) is 41.7 Å². The average Bonchev–Trinajstić information content (AvgIpc) is 2.91. The van der Waals surface area contributed by atoms with Gasteiger partial charge >= 0.3 is 6.18 Å². The van der Waals surface area contributed by atoms with Crippen molar-refractivity contribution in [1.29, 1.82) is 5.26 Å². The molecule has 0 aliphatic rings. The number of nitrogens with two attached hydrogens (primary N) is 1. The first-order valence-electron chi connectivity index (χ1n) is 6.59. The van der Waals surface area contributed by atoms with Gasteiger partial charge in [-0.25, -0.2) is 0 Å². The van der Waals surface area contributed by atoms with Crippen LogP contribution >= 0.6 is 0 Å². The van der Waals surface area contributed by atoms with Crippen LogP contribution in [0.25, 0.3) is 0 Å². The SMILES string of the molecule is N#Cc1ccc(NC(=O)[C@@H](O)Cn2cc(N)cn2)cc1C(F)(F)F. The minimum Gasteiger partial charge on any atom is -0.396 e. The number of anilines is 2. The van der Waals surface area contributed by atoms with Crippen LogP contribution in [0.4, 0.5) is 24.5 Å². The lowest BCUT2D eigenvalue weighted by atomic mass is 10.1. The van der Waals surface area contributed by atoms with Crippen molar-refractivity contribution in [1.82, 2.24) is 9.78 Å². The number of hydrogen-bond donors (Lipinski definition) is 3. The quantitative estimate of drug-likeness (QED) is 0.777. The molecular formula is C14H12F3N5O2. The summed E-state index contributed by atoms with van der Waals surface area (Å²) in [4.78, 5) is 11.9. The largest absolute Gasteiger partial charge is 0.417 e. The van der Waals surface area contributed by atoms with Crippen LogP contribution in [0.5, 0.6) is 0 Å². The van der Waals surface area contributed by atoms with Gasteiger partial charge in [-0.1, -0.05) is 0 Å². The monoisotopic (exact) mass is 339 g/mol. The van der Waals surface area contributed by atoms with E-state index in [1.807, 2.05) is 0 Å². The molecule has 0 aliphatic heterocycles. The number of benzene rings is 1. The second-order valence-electron chi connectivity index (χ2n) is 4.87. The molecular weight excluding hydrogens is 327 g/mol. The highest BCUT2D eigenvalue weighted by Crippen LogP contribution is 2.33. The van der Waals surface area contributed by atoms with Crippen molar-refractivity contribution in [2.45, 2.75) is 18.8 Å². The van der Waals surface area contributed by atoms with Gasteiger partial charge < -0.3 is 16.2 Å². The van der Waals surface area contributed by atoms with E-state index < -0.39 is 29.3 Å². The Kier molecular flexibility index (Phi) is 4.75. The molecule has 2 aromatic rings. The second kappa shape index (κ2) is 6.59. The molecule has 10 heteroatoms. The van der Waals surface area contributed by atoms with Gasteiger partial charge in [0.05, 0.1) is 35.6 Å². The summed E-state index contributed by atoms with van der Waals surface area (Å²) in [6.45, 7) is -0.217. The number of carbonyl (C=O) groups excluding carboxylic acids is 1. The molecule has 126 valence electrons. The first kappa shape index (κ1) is 17.3. The molecule has 1 amide bonds. The Morgan fingerprint density at radius 2 is 2.21 bits per heavy atom. The summed E-state index contributed by atoms with van der Waals surface area (Å²) >= 11 is 0. The standard InChI is InChI=1S/C14H12F3N5O2/c15-14(16,17)11-3-10(2-1-8(11)4-18)21-13(24)12(23)7-22-6-9(19)5-20-22/h1-3,5-6,12,23H,7,19H2,(H,21,24)/t12-/m0/s1. The van der Waals surface area contributed by atoms with Gasteiger partial charge in [-0.05, 0) is 18.2 Å². The predicted molar refractivity (Wildman–Crippen MR) is 77.4 cm³/mol. The summed E-state index contributed by atoms with van der Waals surface area (Å²) in [7, 11) is 0. The zero-order valence-electron chi connectivity index (χ0n) is 12.1. The molecule has 7 nitrogen and oxygen atoms in total. The number of nitriles is 1. The van der Waals surface area contributed by atoms with Crippen molar-refractivity contribution in [2.24, 2.45) is 0 Å². The predicted octanol–water partition coefficient (Wildman–Crippen LogP) is 1.36. The molecule has 0 unspecified atom stereocenters. The van der Waals surface area contributed by atoms with E-state index in [0.717, 1.165) is 12.1 Å². The molecule has 0 saturated heterocycles. The lowest BCUT2D eigenvalue weighted by molar-refractivity contribution is -0.137. The van der Waals surface area contributed by atoms with Crippen LogP contribution in [0.2, 0.25) is 0 Å². The molecule has 0 aliphatic carbocycles.